The number of aromatic nitrogens is 1. The van der Waals surface area contributed by atoms with Gasteiger partial charge in [0.25, 0.3) is 0 Å². The highest BCUT2D eigenvalue weighted by atomic mass is 32.2. The highest BCUT2D eigenvalue weighted by molar-refractivity contribution is 7.89. The number of fused-ring (bicyclic) bond motifs is 1. The number of nitrogens with one attached hydrogen (secondary N) is 1. The Morgan fingerprint density at radius 2 is 1.83 bits per heavy atom. The van der Waals surface area contributed by atoms with Crippen molar-refractivity contribution in [2.45, 2.75) is 17.9 Å². The van der Waals surface area contributed by atoms with Crippen molar-refractivity contribution >= 4 is 27.0 Å². The Balaban J connectivity index is 1.59. The molecule has 0 saturated heterocycles. The van der Waals surface area contributed by atoms with Crippen LogP contribution in [0.3, 0.4) is 0 Å². The summed E-state index contributed by atoms with van der Waals surface area (Å²) in [6, 6.07) is 11.5. The lowest BCUT2D eigenvalue weighted by Gasteiger charge is -2.06. The molecule has 0 spiro atoms. The van der Waals surface area contributed by atoms with Crippen molar-refractivity contribution in [2.24, 2.45) is 5.14 Å². The van der Waals surface area contributed by atoms with Crippen LogP contribution in [0.1, 0.15) is 11.1 Å². The van der Waals surface area contributed by atoms with Gasteiger partial charge in [0.15, 0.2) is 12.0 Å². The molecule has 124 valence electrons. The zero-order chi connectivity index (χ0) is 17.2. The van der Waals surface area contributed by atoms with Gasteiger partial charge in [0, 0.05) is 6.54 Å². The predicted molar refractivity (Wildman–Crippen MR) is 87.4 cm³/mol. The monoisotopic (exact) mass is 345 g/mol. The summed E-state index contributed by atoms with van der Waals surface area (Å²) in [5.74, 6) is -0.149. The van der Waals surface area contributed by atoms with E-state index in [1.54, 1.807) is 24.3 Å². The van der Waals surface area contributed by atoms with Crippen molar-refractivity contribution in [3.63, 3.8) is 0 Å². The molecule has 1 amide bonds. The summed E-state index contributed by atoms with van der Waals surface area (Å²) in [6.07, 6.45) is 1.58. The second-order valence-corrected chi connectivity index (χ2v) is 6.86. The number of primary sulfonamides is 1. The van der Waals surface area contributed by atoms with Gasteiger partial charge in [-0.15, -0.1) is 0 Å². The van der Waals surface area contributed by atoms with Crippen molar-refractivity contribution in [3.8, 4) is 0 Å². The number of carbonyl (C=O) groups is 1. The Kier molecular flexibility index (Phi) is 4.32. The minimum absolute atomic E-state index is 0.0398. The van der Waals surface area contributed by atoms with Gasteiger partial charge in [-0.2, -0.15) is 0 Å². The molecule has 0 atom stereocenters. The second kappa shape index (κ2) is 6.42. The van der Waals surface area contributed by atoms with Crippen molar-refractivity contribution in [2.75, 3.05) is 0 Å². The summed E-state index contributed by atoms with van der Waals surface area (Å²) < 4.78 is 27.6. The van der Waals surface area contributed by atoms with Crippen LogP contribution >= 0.6 is 0 Å². The number of hydrogen-bond donors (Lipinski definition) is 2. The van der Waals surface area contributed by atoms with E-state index in [1.807, 2.05) is 6.07 Å². The number of hydrogen-bond acceptors (Lipinski definition) is 5. The minimum atomic E-state index is -3.71. The van der Waals surface area contributed by atoms with E-state index in [-0.39, 0.29) is 17.2 Å². The zero-order valence-electron chi connectivity index (χ0n) is 12.6. The maximum absolute atomic E-state index is 12.0. The molecule has 3 rings (SSSR count). The van der Waals surface area contributed by atoms with Gasteiger partial charge < -0.3 is 9.73 Å². The molecule has 7 nitrogen and oxygen atoms in total. The van der Waals surface area contributed by atoms with E-state index in [0.717, 1.165) is 16.6 Å². The number of carbonyl (C=O) groups excluding carboxylic acids is 1. The minimum Gasteiger partial charge on any atom is -0.443 e. The molecule has 0 saturated carbocycles. The second-order valence-electron chi connectivity index (χ2n) is 5.30. The molecule has 0 aliphatic carbocycles. The maximum atomic E-state index is 12.0. The maximum Gasteiger partial charge on any atom is 0.238 e. The normalized spacial score (nSPS) is 11.5. The van der Waals surface area contributed by atoms with Crippen LogP contribution in [0, 0.1) is 0 Å². The average Bonchev–Trinajstić information content (AvgIpc) is 3.00. The molecule has 0 aliphatic rings. The molecule has 0 unspecified atom stereocenters. The zero-order valence-corrected chi connectivity index (χ0v) is 13.4. The van der Waals surface area contributed by atoms with Crippen molar-refractivity contribution in [1.82, 2.24) is 10.3 Å². The molecule has 0 bridgehead atoms. The fraction of sp³-hybridized carbons (Fsp3) is 0.125. The van der Waals surface area contributed by atoms with Crippen molar-refractivity contribution in [1.29, 1.82) is 0 Å². The van der Waals surface area contributed by atoms with Crippen molar-refractivity contribution < 1.29 is 17.6 Å². The van der Waals surface area contributed by atoms with Crippen LogP contribution in [0.5, 0.6) is 0 Å². The van der Waals surface area contributed by atoms with Gasteiger partial charge in [0.2, 0.25) is 15.9 Å². The van der Waals surface area contributed by atoms with E-state index in [9.17, 15) is 13.2 Å². The lowest BCUT2D eigenvalue weighted by Crippen LogP contribution is -2.24. The first-order chi connectivity index (χ1) is 11.4. The van der Waals surface area contributed by atoms with Crippen molar-refractivity contribution in [3.05, 3.63) is 60.0 Å². The summed E-state index contributed by atoms with van der Waals surface area (Å²) in [5.41, 5.74) is 2.98. The molecular formula is C16H15N3O4S. The topological polar surface area (TPSA) is 115 Å². The van der Waals surface area contributed by atoms with Gasteiger partial charge in [0.05, 0.1) is 11.3 Å². The van der Waals surface area contributed by atoms with Crippen LogP contribution in [0.2, 0.25) is 0 Å². The fourth-order valence-electron chi connectivity index (χ4n) is 2.25. The van der Waals surface area contributed by atoms with E-state index in [2.05, 4.69) is 10.3 Å². The van der Waals surface area contributed by atoms with Crippen LogP contribution in [0.4, 0.5) is 0 Å². The Morgan fingerprint density at radius 1 is 1.12 bits per heavy atom. The largest absolute Gasteiger partial charge is 0.443 e. The lowest BCUT2D eigenvalue weighted by molar-refractivity contribution is -0.120. The fourth-order valence-corrected chi connectivity index (χ4v) is 2.77. The number of benzene rings is 2. The first-order valence-electron chi connectivity index (χ1n) is 7.12. The van der Waals surface area contributed by atoms with Crippen LogP contribution in [-0.4, -0.2) is 19.3 Å². The van der Waals surface area contributed by atoms with Gasteiger partial charge in [-0.25, -0.2) is 18.5 Å². The molecule has 0 aliphatic heterocycles. The SMILES string of the molecule is NS(=O)(=O)c1ccc(CNC(=O)Cc2ccc3ncoc3c2)cc1. The third kappa shape index (κ3) is 3.79. The molecule has 0 fully saturated rings. The number of nitrogens with two attached hydrogens (primary N) is 1. The van der Waals surface area contributed by atoms with Crippen LogP contribution in [0.25, 0.3) is 11.1 Å². The summed E-state index contributed by atoms with van der Waals surface area (Å²) in [7, 11) is -3.71. The molecule has 1 aromatic heterocycles. The number of nitrogens with zero attached hydrogens (tertiary/aromatic N) is 1. The lowest BCUT2D eigenvalue weighted by atomic mass is 10.1. The molecule has 24 heavy (non-hydrogen) atoms. The Labute approximate surface area is 138 Å². The summed E-state index contributed by atoms with van der Waals surface area (Å²) in [5, 5.41) is 7.82. The first-order valence-corrected chi connectivity index (χ1v) is 8.67. The van der Waals surface area contributed by atoms with Crippen LogP contribution < -0.4 is 10.5 Å². The van der Waals surface area contributed by atoms with Gasteiger partial charge >= 0.3 is 0 Å². The molecule has 3 N–H and O–H groups in total. The number of rotatable bonds is 5. The molecule has 0 radical (unpaired) electrons. The molecule has 8 heteroatoms. The third-order valence-corrected chi connectivity index (χ3v) is 4.43. The van der Waals surface area contributed by atoms with E-state index in [1.165, 1.54) is 18.5 Å². The summed E-state index contributed by atoms with van der Waals surface area (Å²) >= 11 is 0. The van der Waals surface area contributed by atoms with Gasteiger partial charge in [0.1, 0.15) is 5.52 Å². The van der Waals surface area contributed by atoms with Gasteiger partial charge in [-0.05, 0) is 35.4 Å². The predicted octanol–water partition coefficient (Wildman–Crippen LogP) is 1.33. The van der Waals surface area contributed by atoms with Gasteiger partial charge in [-0.3, -0.25) is 4.79 Å². The Bertz CT molecular complexity index is 978. The summed E-state index contributed by atoms with van der Waals surface area (Å²) in [4.78, 5) is 16.1. The number of amides is 1. The number of oxazole rings is 1. The standard InChI is InChI=1S/C16H15N3O4S/c17-24(21,22)13-4-1-11(2-5-13)9-18-16(20)8-12-3-6-14-15(7-12)23-10-19-14/h1-7,10H,8-9H2,(H,18,20)(H2,17,21,22). The molecule has 3 aromatic rings. The smallest absolute Gasteiger partial charge is 0.238 e. The van der Waals surface area contributed by atoms with E-state index >= 15 is 0 Å². The first kappa shape index (κ1) is 16.2. The Morgan fingerprint density at radius 3 is 2.54 bits per heavy atom. The van der Waals surface area contributed by atoms with Gasteiger partial charge in [-0.1, -0.05) is 18.2 Å². The van der Waals surface area contributed by atoms with Crippen LogP contribution in [-0.2, 0) is 27.8 Å². The highest BCUT2D eigenvalue weighted by Crippen LogP contribution is 2.14. The van der Waals surface area contributed by atoms with E-state index in [4.69, 9.17) is 9.56 Å². The quantitative estimate of drug-likeness (QED) is 0.724. The molecule has 2 aromatic carbocycles. The number of sulfonamides is 1. The van der Waals surface area contributed by atoms with E-state index < -0.39 is 10.0 Å². The Hall–Kier alpha value is -2.71. The average molecular weight is 345 g/mol. The van der Waals surface area contributed by atoms with E-state index in [0.29, 0.717) is 12.1 Å². The summed E-state index contributed by atoms with van der Waals surface area (Å²) in [6.45, 7) is 0.300. The third-order valence-electron chi connectivity index (χ3n) is 3.50. The highest BCUT2D eigenvalue weighted by Gasteiger charge is 2.08. The molecule has 1 heterocycles. The molecular weight excluding hydrogens is 330 g/mol. The van der Waals surface area contributed by atoms with Crippen LogP contribution in [0.15, 0.2) is 58.2 Å².